The summed E-state index contributed by atoms with van der Waals surface area (Å²) in [7, 11) is 0. The predicted octanol–water partition coefficient (Wildman–Crippen LogP) is 8.13. The highest BCUT2D eigenvalue weighted by atomic mass is 16.7. The molecule has 3 aliphatic rings. The molecule has 0 spiro atoms. The number of aliphatic hydroxyl groups is 1. The van der Waals surface area contributed by atoms with Crippen molar-refractivity contribution in [2.75, 3.05) is 43.8 Å². The number of nitrogen functional groups attached to an aromatic ring is 1. The van der Waals surface area contributed by atoms with E-state index in [2.05, 4.69) is 69.0 Å². The van der Waals surface area contributed by atoms with Gasteiger partial charge in [0.1, 0.15) is 0 Å². The fraction of sp³-hybridized carbons (Fsp3) is 0.458. The molecule has 0 saturated carbocycles. The second-order valence-electron chi connectivity index (χ2n) is 16.3. The van der Waals surface area contributed by atoms with Gasteiger partial charge in [-0.3, -0.25) is 14.5 Å². The Bertz CT molecular complexity index is 1910. The second-order valence-corrected chi connectivity index (χ2v) is 16.3. The van der Waals surface area contributed by atoms with Crippen LogP contribution in [0.25, 0.3) is 11.1 Å². The van der Waals surface area contributed by atoms with E-state index in [9.17, 15) is 14.7 Å². The average Bonchev–Trinajstić information content (AvgIpc) is 3.94. The number of amides is 2. The molecule has 0 aliphatic carbocycles. The van der Waals surface area contributed by atoms with Gasteiger partial charge in [-0.15, -0.1) is 0 Å². The molecule has 0 aromatic heterocycles. The third kappa shape index (κ3) is 11.5. The number of carbonyl (C=O) groups excluding carboxylic acids is 2. The van der Waals surface area contributed by atoms with E-state index in [4.69, 9.17) is 15.2 Å². The fourth-order valence-corrected chi connectivity index (χ4v) is 8.71. The number of nitrogens with two attached hydrogens (primary N) is 1. The number of nitrogens with zero attached hydrogens (tertiary/aromatic N) is 2. The molecule has 0 bridgehead atoms. The molecule has 4 atom stereocenters. The molecule has 4 aromatic carbocycles. The number of carbonyl (C=O) groups is 2. The van der Waals surface area contributed by atoms with Crippen molar-refractivity contribution in [3.8, 4) is 11.1 Å². The highest BCUT2D eigenvalue weighted by Crippen LogP contribution is 2.39. The normalized spacial score (nSPS) is 21.3. The standard InChI is InChI=1S/C48H61N5O5/c49-43-15-7-8-16-44(43)51-47(56)18-4-2-1-3-17-46(55)50-31-39-12-5-6-14-42(39)36-23-25-38(26-24-36)48-57-41(30-45(58-48)37-21-19-35(34-54)20-22-37)33-53-29-11-13-40(53)32-52-27-9-10-28-52/h5-8,12,14-16,19-26,40-41,45,48,54H,1-4,9-11,13,17-18,27-34,49H2,(H,50,55)(H,51,56)/t40-,41-,45+,48+/m0/s1. The molecule has 4 aromatic rings. The molecule has 0 radical (unpaired) electrons. The van der Waals surface area contributed by atoms with Gasteiger partial charge in [0.15, 0.2) is 6.29 Å². The Morgan fingerprint density at radius 3 is 2.21 bits per heavy atom. The summed E-state index contributed by atoms with van der Waals surface area (Å²) in [5.41, 5.74) is 13.3. The summed E-state index contributed by atoms with van der Waals surface area (Å²) in [6.07, 6.45) is 9.50. The fourth-order valence-electron chi connectivity index (χ4n) is 8.71. The molecule has 3 aliphatic heterocycles. The molecule has 3 saturated heterocycles. The highest BCUT2D eigenvalue weighted by Gasteiger charge is 2.36. The third-order valence-corrected chi connectivity index (χ3v) is 12.0. The van der Waals surface area contributed by atoms with Gasteiger partial charge in [0.2, 0.25) is 11.8 Å². The van der Waals surface area contributed by atoms with Gasteiger partial charge in [-0.2, -0.15) is 0 Å². The van der Waals surface area contributed by atoms with E-state index in [1.165, 1.54) is 38.8 Å². The van der Waals surface area contributed by atoms with E-state index in [0.717, 1.165) is 85.1 Å². The molecule has 58 heavy (non-hydrogen) atoms. The number of para-hydroxylation sites is 2. The lowest BCUT2D eigenvalue weighted by molar-refractivity contribution is -0.253. The van der Waals surface area contributed by atoms with Gasteiger partial charge in [0.05, 0.1) is 30.2 Å². The molecule has 0 unspecified atom stereocenters. The number of aliphatic hydroxyl groups excluding tert-OH is 1. The maximum absolute atomic E-state index is 12.8. The Morgan fingerprint density at radius 2 is 1.45 bits per heavy atom. The van der Waals surface area contributed by atoms with Crippen molar-refractivity contribution >= 4 is 23.2 Å². The predicted molar refractivity (Wildman–Crippen MR) is 230 cm³/mol. The molecule has 10 heteroatoms. The minimum atomic E-state index is -0.504. The van der Waals surface area contributed by atoms with Crippen LogP contribution in [-0.4, -0.2) is 71.6 Å². The maximum atomic E-state index is 12.8. The first-order valence-electron chi connectivity index (χ1n) is 21.5. The Kier molecular flexibility index (Phi) is 15.0. The first kappa shape index (κ1) is 41.6. The van der Waals surface area contributed by atoms with Crippen LogP contribution in [-0.2, 0) is 32.2 Å². The molecule has 3 heterocycles. The van der Waals surface area contributed by atoms with Crippen molar-refractivity contribution in [3.63, 3.8) is 0 Å². The minimum absolute atomic E-state index is 0.0202. The average molecular weight is 788 g/mol. The van der Waals surface area contributed by atoms with Crippen LogP contribution in [0.5, 0.6) is 0 Å². The van der Waals surface area contributed by atoms with Gasteiger partial charge in [-0.1, -0.05) is 97.8 Å². The zero-order chi connectivity index (χ0) is 40.1. The lowest BCUT2D eigenvalue weighted by atomic mass is 9.97. The van der Waals surface area contributed by atoms with Crippen molar-refractivity contribution in [2.24, 2.45) is 0 Å². The summed E-state index contributed by atoms with van der Waals surface area (Å²) in [5.74, 6) is -0.0157. The zero-order valence-corrected chi connectivity index (χ0v) is 33.8. The molecule has 7 rings (SSSR count). The number of anilines is 2. The van der Waals surface area contributed by atoms with Crippen molar-refractivity contribution in [3.05, 3.63) is 119 Å². The quantitative estimate of drug-likeness (QED) is 0.0588. The van der Waals surface area contributed by atoms with Crippen LogP contribution in [0.4, 0.5) is 11.4 Å². The second kappa shape index (κ2) is 20.9. The largest absolute Gasteiger partial charge is 0.397 e. The monoisotopic (exact) mass is 787 g/mol. The van der Waals surface area contributed by atoms with Crippen LogP contribution < -0.4 is 16.4 Å². The molecule has 2 amide bonds. The van der Waals surface area contributed by atoms with Gasteiger partial charge >= 0.3 is 0 Å². The maximum Gasteiger partial charge on any atom is 0.224 e. The highest BCUT2D eigenvalue weighted by molar-refractivity contribution is 5.93. The number of ether oxygens (including phenoxy) is 2. The number of hydrogen-bond acceptors (Lipinski definition) is 8. The van der Waals surface area contributed by atoms with Crippen LogP contribution in [0, 0.1) is 0 Å². The summed E-state index contributed by atoms with van der Waals surface area (Å²) in [5, 5.41) is 15.6. The zero-order valence-electron chi connectivity index (χ0n) is 33.8. The Labute approximate surface area is 344 Å². The summed E-state index contributed by atoms with van der Waals surface area (Å²) in [6.45, 7) is 6.07. The van der Waals surface area contributed by atoms with Crippen LogP contribution >= 0.6 is 0 Å². The summed E-state index contributed by atoms with van der Waals surface area (Å²) in [6, 6.07) is 32.6. The SMILES string of the molecule is Nc1ccccc1NC(=O)CCCCCCC(=O)NCc1ccccc1-c1ccc([C@@H]2O[C@H](CN3CCC[C@H]3CN3CCCC3)C[C@H](c3ccc(CO)cc3)O2)cc1. The van der Waals surface area contributed by atoms with E-state index in [1.807, 2.05) is 36.4 Å². The van der Waals surface area contributed by atoms with E-state index >= 15 is 0 Å². The van der Waals surface area contributed by atoms with Crippen molar-refractivity contribution in [1.29, 1.82) is 0 Å². The third-order valence-electron chi connectivity index (χ3n) is 12.0. The minimum Gasteiger partial charge on any atom is -0.397 e. The Hall–Kier alpha value is -4.58. The molecule has 3 fully saturated rings. The van der Waals surface area contributed by atoms with Gasteiger partial charge in [-0.25, -0.2) is 0 Å². The number of unbranched alkanes of at least 4 members (excludes halogenated alkanes) is 3. The van der Waals surface area contributed by atoms with Gasteiger partial charge in [-0.05, 0) is 98.1 Å². The molecule has 5 N–H and O–H groups in total. The van der Waals surface area contributed by atoms with Gasteiger partial charge in [0, 0.05) is 50.5 Å². The number of hydrogen-bond donors (Lipinski definition) is 4. The van der Waals surface area contributed by atoms with Crippen LogP contribution in [0.3, 0.4) is 0 Å². The van der Waals surface area contributed by atoms with Gasteiger partial charge in [0.25, 0.3) is 0 Å². The summed E-state index contributed by atoms with van der Waals surface area (Å²) < 4.78 is 13.5. The smallest absolute Gasteiger partial charge is 0.224 e. The van der Waals surface area contributed by atoms with E-state index < -0.39 is 6.29 Å². The first-order valence-corrected chi connectivity index (χ1v) is 21.5. The van der Waals surface area contributed by atoms with Crippen molar-refractivity contribution in [2.45, 2.75) is 108 Å². The van der Waals surface area contributed by atoms with Crippen molar-refractivity contribution < 1.29 is 24.2 Å². The van der Waals surface area contributed by atoms with Crippen LogP contribution in [0.1, 0.15) is 105 Å². The molecular formula is C48H61N5O5. The topological polar surface area (TPSA) is 129 Å². The number of benzene rings is 4. The Balaban J connectivity index is 0.920. The van der Waals surface area contributed by atoms with E-state index in [0.29, 0.717) is 36.8 Å². The van der Waals surface area contributed by atoms with Crippen molar-refractivity contribution in [1.82, 2.24) is 15.1 Å². The van der Waals surface area contributed by atoms with Crippen LogP contribution in [0.2, 0.25) is 0 Å². The van der Waals surface area contributed by atoms with Gasteiger partial charge < -0.3 is 35.8 Å². The molecular weight excluding hydrogens is 727 g/mol. The lowest BCUT2D eigenvalue weighted by Gasteiger charge is -2.39. The van der Waals surface area contributed by atoms with Crippen LogP contribution in [0.15, 0.2) is 97.1 Å². The molecule has 10 nitrogen and oxygen atoms in total. The van der Waals surface area contributed by atoms with E-state index in [1.54, 1.807) is 12.1 Å². The first-order chi connectivity index (χ1) is 28.4. The lowest BCUT2D eigenvalue weighted by Crippen LogP contribution is -2.45. The summed E-state index contributed by atoms with van der Waals surface area (Å²) >= 11 is 0. The molecule has 308 valence electrons. The summed E-state index contributed by atoms with van der Waals surface area (Å²) in [4.78, 5) is 30.4. The number of nitrogens with one attached hydrogen (secondary N) is 2. The van der Waals surface area contributed by atoms with E-state index in [-0.39, 0.29) is 30.6 Å². The number of rotatable bonds is 18. The number of likely N-dealkylation sites (tertiary alicyclic amines) is 2. The Morgan fingerprint density at radius 1 is 0.741 bits per heavy atom.